The summed E-state index contributed by atoms with van der Waals surface area (Å²) < 4.78 is 8.26. The molecule has 7 nitrogen and oxygen atoms in total. The minimum atomic E-state index is -0.0453. The van der Waals surface area contributed by atoms with Crippen LogP contribution in [-0.2, 0) is 11.3 Å². The van der Waals surface area contributed by atoms with Crippen LogP contribution in [0.4, 0.5) is 11.5 Å². The molecule has 1 aliphatic heterocycles. The molecule has 1 unspecified atom stereocenters. The number of morpholine rings is 1. The van der Waals surface area contributed by atoms with Crippen LogP contribution in [0.1, 0.15) is 34.3 Å². The van der Waals surface area contributed by atoms with Gasteiger partial charge >= 0.3 is 0 Å². The van der Waals surface area contributed by atoms with E-state index in [1.807, 2.05) is 37.4 Å². The van der Waals surface area contributed by atoms with Crippen LogP contribution in [0, 0.1) is 20.8 Å². The van der Waals surface area contributed by atoms with Crippen molar-refractivity contribution < 1.29 is 4.74 Å². The first kappa shape index (κ1) is 20.6. The van der Waals surface area contributed by atoms with Crippen molar-refractivity contribution in [1.29, 1.82) is 0 Å². The van der Waals surface area contributed by atoms with E-state index in [-0.39, 0.29) is 6.10 Å². The van der Waals surface area contributed by atoms with Crippen LogP contribution in [0.5, 0.6) is 0 Å². The fourth-order valence-corrected chi connectivity index (χ4v) is 4.17. The molecular weight excluding hydrogens is 400 g/mol. The Morgan fingerprint density at radius 3 is 2.84 bits per heavy atom. The van der Waals surface area contributed by atoms with Gasteiger partial charge in [-0.3, -0.25) is 9.88 Å². The zero-order valence-corrected chi connectivity index (χ0v) is 18.7. The Kier molecular flexibility index (Phi) is 5.59. The smallest absolute Gasteiger partial charge is 0.137 e. The van der Waals surface area contributed by atoms with E-state index in [1.54, 1.807) is 6.20 Å². The van der Waals surface area contributed by atoms with Gasteiger partial charge in [0.15, 0.2) is 0 Å². The van der Waals surface area contributed by atoms with E-state index in [4.69, 9.17) is 9.72 Å². The van der Waals surface area contributed by atoms with E-state index in [9.17, 15) is 0 Å². The van der Waals surface area contributed by atoms with Crippen molar-refractivity contribution in [2.24, 2.45) is 0 Å². The van der Waals surface area contributed by atoms with E-state index in [1.165, 1.54) is 11.3 Å². The molecule has 1 fully saturated rings. The van der Waals surface area contributed by atoms with E-state index in [0.717, 1.165) is 53.7 Å². The number of nitrogens with zero attached hydrogens (tertiary/aromatic N) is 5. The van der Waals surface area contributed by atoms with Crippen LogP contribution >= 0.6 is 0 Å². The molecule has 4 aromatic heterocycles. The topological polar surface area (TPSA) is 67.6 Å². The Morgan fingerprint density at radius 2 is 2.03 bits per heavy atom. The number of fused-ring (bicyclic) bond motifs is 1. The van der Waals surface area contributed by atoms with Gasteiger partial charge in [0, 0.05) is 32.0 Å². The maximum Gasteiger partial charge on any atom is 0.137 e. The van der Waals surface area contributed by atoms with Crippen molar-refractivity contribution in [3.05, 3.63) is 83.2 Å². The van der Waals surface area contributed by atoms with Crippen LogP contribution < -0.4 is 5.32 Å². The fraction of sp³-hybridized carbons (Fsp3) is 0.320. The molecule has 0 bridgehead atoms. The molecule has 5 rings (SSSR count). The molecule has 1 saturated heterocycles. The number of rotatable bonds is 5. The Hall–Kier alpha value is -3.29. The molecule has 1 N–H and O–H groups in total. The van der Waals surface area contributed by atoms with Crippen LogP contribution in [0.3, 0.4) is 0 Å². The molecule has 164 valence electrons. The van der Waals surface area contributed by atoms with E-state index < -0.39 is 0 Å². The van der Waals surface area contributed by atoms with Crippen molar-refractivity contribution in [1.82, 2.24) is 24.3 Å². The minimum absolute atomic E-state index is 0.0453. The highest BCUT2D eigenvalue weighted by atomic mass is 16.5. The number of pyridine rings is 3. The second kappa shape index (κ2) is 8.68. The summed E-state index contributed by atoms with van der Waals surface area (Å²) in [6.07, 6.45) is 5.71. The number of hydrogen-bond acceptors (Lipinski definition) is 6. The lowest BCUT2D eigenvalue weighted by Gasteiger charge is -2.32. The molecule has 4 aromatic rings. The normalized spacial score (nSPS) is 17.0. The van der Waals surface area contributed by atoms with Gasteiger partial charge in [-0.1, -0.05) is 6.07 Å². The number of ether oxygens (including phenoxy) is 1. The molecule has 5 heterocycles. The van der Waals surface area contributed by atoms with Crippen LogP contribution in [0.2, 0.25) is 0 Å². The monoisotopic (exact) mass is 428 g/mol. The van der Waals surface area contributed by atoms with Gasteiger partial charge in [-0.15, -0.1) is 0 Å². The summed E-state index contributed by atoms with van der Waals surface area (Å²) in [6.45, 7) is 9.45. The number of anilines is 2. The maximum absolute atomic E-state index is 6.06. The molecule has 0 aromatic carbocycles. The fourth-order valence-electron chi connectivity index (χ4n) is 4.17. The lowest BCUT2D eigenvalue weighted by Crippen LogP contribution is -2.38. The Bertz CT molecular complexity index is 1230. The van der Waals surface area contributed by atoms with E-state index >= 15 is 0 Å². The first-order valence-corrected chi connectivity index (χ1v) is 11.0. The van der Waals surface area contributed by atoms with Gasteiger partial charge < -0.3 is 14.5 Å². The number of hydrogen-bond donors (Lipinski definition) is 1. The summed E-state index contributed by atoms with van der Waals surface area (Å²) in [7, 11) is 0. The van der Waals surface area contributed by atoms with Crippen molar-refractivity contribution in [3.8, 4) is 0 Å². The first-order valence-electron chi connectivity index (χ1n) is 11.0. The van der Waals surface area contributed by atoms with Crippen LogP contribution in [0.15, 0.2) is 55.0 Å². The second-order valence-corrected chi connectivity index (χ2v) is 8.44. The lowest BCUT2D eigenvalue weighted by molar-refractivity contribution is -0.0354. The highest BCUT2D eigenvalue weighted by molar-refractivity contribution is 5.58. The molecule has 7 heteroatoms. The molecule has 32 heavy (non-hydrogen) atoms. The van der Waals surface area contributed by atoms with Crippen LogP contribution in [-0.4, -0.2) is 43.9 Å². The zero-order chi connectivity index (χ0) is 22.1. The summed E-state index contributed by atoms with van der Waals surface area (Å²) in [5.74, 6) is 0.848. The van der Waals surface area contributed by atoms with E-state index in [0.29, 0.717) is 6.61 Å². The summed E-state index contributed by atoms with van der Waals surface area (Å²) in [4.78, 5) is 16.2. The number of nitrogens with one attached hydrogen (secondary N) is 1. The molecule has 1 aliphatic rings. The lowest BCUT2D eigenvalue weighted by atomic mass is 10.1. The van der Waals surface area contributed by atoms with Gasteiger partial charge in [0.2, 0.25) is 0 Å². The van der Waals surface area contributed by atoms with Crippen molar-refractivity contribution in [2.45, 2.75) is 33.4 Å². The largest absolute Gasteiger partial charge is 0.369 e. The highest BCUT2D eigenvalue weighted by Gasteiger charge is 2.24. The summed E-state index contributed by atoms with van der Waals surface area (Å²) in [6, 6.07) is 12.3. The summed E-state index contributed by atoms with van der Waals surface area (Å²) >= 11 is 0. The van der Waals surface area contributed by atoms with Crippen molar-refractivity contribution >= 4 is 17.2 Å². The maximum atomic E-state index is 6.06. The molecule has 0 saturated carbocycles. The third-order valence-corrected chi connectivity index (χ3v) is 5.99. The van der Waals surface area contributed by atoms with Crippen LogP contribution in [0.25, 0.3) is 5.65 Å². The highest BCUT2D eigenvalue weighted by Crippen LogP contribution is 2.25. The van der Waals surface area contributed by atoms with Gasteiger partial charge in [-0.05, 0) is 62.2 Å². The van der Waals surface area contributed by atoms with Gasteiger partial charge in [-0.25, -0.2) is 9.97 Å². The number of aryl methyl sites for hydroxylation is 3. The summed E-state index contributed by atoms with van der Waals surface area (Å²) in [5, 5.41) is 3.33. The molecule has 0 amide bonds. The Morgan fingerprint density at radius 1 is 1.12 bits per heavy atom. The first-order chi connectivity index (χ1) is 15.6. The molecular formula is C25H28N6O. The number of imidazole rings is 1. The summed E-state index contributed by atoms with van der Waals surface area (Å²) in [5.41, 5.74) is 7.51. The predicted octanol–water partition coefficient (Wildman–Crippen LogP) is 4.37. The number of aromatic nitrogens is 4. The van der Waals surface area contributed by atoms with Gasteiger partial charge in [0.25, 0.3) is 0 Å². The average molecular weight is 429 g/mol. The quantitative estimate of drug-likeness (QED) is 0.509. The molecule has 0 spiro atoms. The van der Waals surface area contributed by atoms with Crippen molar-refractivity contribution in [2.75, 3.05) is 25.0 Å². The molecule has 1 atom stereocenters. The molecule has 0 radical (unpaired) electrons. The Labute approximate surface area is 188 Å². The van der Waals surface area contributed by atoms with E-state index in [2.05, 4.69) is 56.8 Å². The third-order valence-electron chi connectivity index (χ3n) is 5.99. The minimum Gasteiger partial charge on any atom is -0.369 e. The second-order valence-electron chi connectivity index (χ2n) is 8.44. The average Bonchev–Trinajstić information content (AvgIpc) is 3.10. The Balaban J connectivity index is 1.28. The van der Waals surface area contributed by atoms with Crippen molar-refractivity contribution in [3.63, 3.8) is 0 Å². The SMILES string of the molecule is Cc1ccn2c(CN3CCOC(c4ccc(Nc5ncccc5C)cn4)C3)c(C)nc2c1. The molecule has 0 aliphatic carbocycles. The van der Waals surface area contributed by atoms with Gasteiger partial charge in [-0.2, -0.15) is 0 Å². The van der Waals surface area contributed by atoms with Gasteiger partial charge in [0.05, 0.1) is 35.6 Å². The standard InChI is InChI=1S/C25H28N6O/c1-17-8-10-31-22(19(3)28-24(31)13-17)15-30-11-12-32-23(16-30)21-7-6-20(14-27-21)29-25-18(2)5-4-9-26-25/h4-10,13-14,23H,11-12,15-16H2,1-3H3,(H,26,29). The zero-order valence-electron chi connectivity index (χ0n) is 18.7. The third kappa shape index (κ3) is 4.22. The van der Waals surface area contributed by atoms with Gasteiger partial charge in [0.1, 0.15) is 17.6 Å². The predicted molar refractivity (Wildman–Crippen MR) is 125 cm³/mol.